The average molecular weight is 168 g/mol. The number of aryl methyl sites for hydroxylation is 1. The van der Waals surface area contributed by atoms with Crippen molar-refractivity contribution >= 4 is 6.29 Å². The molecule has 0 heterocycles. The van der Waals surface area contributed by atoms with Crippen LogP contribution in [0.3, 0.4) is 0 Å². The molecule has 0 aliphatic carbocycles. The van der Waals surface area contributed by atoms with E-state index in [1.54, 1.807) is 6.92 Å². The molecule has 0 fully saturated rings. The molecule has 0 aliphatic rings. The van der Waals surface area contributed by atoms with E-state index < -0.39 is 11.6 Å². The van der Waals surface area contributed by atoms with Crippen molar-refractivity contribution in [1.29, 1.82) is 0 Å². The van der Waals surface area contributed by atoms with Gasteiger partial charge < -0.3 is 5.11 Å². The fourth-order valence-electron chi connectivity index (χ4n) is 0.989. The number of carbonyl (C=O) groups excluding carboxylic acids is 1. The zero-order valence-electron chi connectivity index (χ0n) is 6.67. The summed E-state index contributed by atoms with van der Waals surface area (Å²) in [5.41, 5.74) is 0.405. The number of hydrogen-bond acceptors (Lipinski definition) is 2. The molecule has 0 bridgehead atoms. The molecule has 0 saturated carbocycles. The van der Waals surface area contributed by atoms with Gasteiger partial charge in [-0.05, 0) is 18.1 Å². The molecular formula is C9H9FO2. The lowest BCUT2D eigenvalue weighted by molar-refractivity contribution is 0.112. The Morgan fingerprint density at radius 2 is 2.25 bits per heavy atom. The minimum absolute atomic E-state index is 0.00954. The van der Waals surface area contributed by atoms with Gasteiger partial charge in [-0.15, -0.1) is 0 Å². The van der Waals surface area contributed by atoms with Gasteiger partial charge in [0.1, 0.15) is 0 Å². The Morgan fingerprint density at radius 3 is 2.75 bits per heavy atom. The van der Waals surface area contributed by atoms with E-state index in [2.05, 4.69) is 0 Å². The summed E-state index contributed by atoms with van der Waals surface area (Å²) in [4.78, 5) is 10.3. The van der Waals surface area contributed by atoms with Gasteiger partial charge in [0.25, 0.3) is 0 Å². The van der Waals surface area contributed by atoms with E-state index in [-0.39, 0.29) is 5.56 Å². The summed E-state index contributed by atoms with van der Waals surface area (Å²) in [5, 5.41) is 9.10. The molecule has 64 valence electrons. The van der Waals surface area contributed by atoms with Gasteiger partial charge in [-0.1, -0.05) is 13.0 Å². The quantitative estimate of drug-likeness (QED) is 0.685. The molecule has 0 atom stereocenters. The Labute approximate surface area is 69.6 Å². The number of carbonyl (C=O) groups is 1. The fraction of sp³-hybridized carbons (Fsp3) is 0.222. The lowest BCUT2D eigenvalue weighted by atomic mass is 10.1. The number of halogens is 1. The zero-order valence-corrected chi connectivity index (χ0v) is 6.67. The topological polar surface area (TPSA) is 37.3 Å². The van der Waals surface area contributed by atoms with E-state index in [0.29, 0.717) is 18.3 Å². The maximum atomic E-state index is 13.0. The van der Waals surface area contributed by atoms with Gasteiger partial charge in [-0.2, -0.15) is 0 Å². The van der Waals surface area contributed by atoms with Gasteiger partial charge >= 0.3 is 0 Å². The molecule has 12 heavy (non-hydrogen) atoms. The fourth-order valence-corrected chi connectivity index (χ4v) is 0.989. The second-order valence-electron chi connectivity index (χ2n) is 2.45. The highest BCUT2D eigenvalue weighted by atomic mass is 19.1. The Hall–Kier alpha value is -1.38. The minimum Gasteiger partial charge on any atom is -0.504 e. The Kier molecular flexibility index (Phi) is 2.43. The zero-order chi connectivity index (χ0) is 9.14. The third-order valence-electron chi connectivity index (χ3n) is 1.74. The molecule has 1 N–H and O–H groups in total. The average Bonchev–Trinajstić information content (AvgIpc) is 2.10. The Bertz CT molecular complexity index is 308. The van der Waals surface area contributed by atoms with Crippen molar-refractivity contribution in [2.24, 2.45) is 0 Å². The molecule has 0 aromatic heterocycles. The SMILES string of the molecule is CCc1ccc(C=O)c(O)c1F. The predicted molar refractivity (Wildman–Crippen MR) is 42.8 cm³/mol. The van der Waals surface area contributed by atoms with Crippen LogP contribution in [0.5, 0.6) is 5.75 Å². The van der Waals surface area contributed by atoms with E-state index in [1.807, 2.05) is 0 Å². The van der Waals surface area contributed by atoms with Crippen LogP contribution in [0, 0.1) is 5.82 Å². The van der Waals surface area contributed by atoms with E-state index in [4.69, 9.17) is 5.11 Å². The number of aldehydes is 1. The van der Waals surface area contributed by atoms with Crippen LogP contribution in [0.4, 0.5) is 4.39 Å². The first-order valence-corrected chi connectivity index (χ1v) is 3.66. The van der Waals surface area contributed by atoms with Crippen LogP contribution in [0.25, 0.3) is 0 Å². The maximum absolute atomic E-state index is 13.0. The summed E-state index contributed by atoms with van der Waals surface area (Å²) >= 11 is 0. The summed E-state index contributed by atoms with van der Waals surface area (Å²) in [5.74, 6) is -1.24. The van der Waals surface area contributed by atoms with Gasteiger partial charge in [0.15, 0.2) is 17.9 Å². The molecule has 0 saturated heterocycles. The van der Waals surface area contributed by atoms with Gasteiger partial charge in [0.05, 0.1) is 5.56 Å². The van der Waals surface area contributed by atoms with Crippen molar-refractivity contribution in [3.63, 3.8) is 0 Å². The first kappa shape index (κ1) is 8.71. The van der Waals surface area contributed by atoms with Crippen LogP contribution in [-0.4, -0.2) is 11.4 Å². The summed E-state index contributed by atoms with van der Waals surface area (Å²) < 4.78 is 13.0. The molecule has 1 rings (SSSR count). The lowest BCUT2D eigenvalue weighted by Crippen LogP contribution is -1.91. The van der Waals surface area contributed by atoms with E-state index >= 15 is 0 Å². The van der Waals surface area contributed by atoms with Crippen LogP contribution in [0.2, 0.25) is 0 Å². The molecular weight excluding hydrogens is 159 g/mol. The normalized spacial score (nSPS) is 9.83. The molecule has 0 spiro atoms. The van der Waals surface area contributed by atoms with Crippen LogP contribution >= 0.6 is 0 Å². The van der Waals surface area contributed by atoms with Gasteiger partial charge in [-0.3, -0.25) is 4.79 Å². The molecule has 3 heteroatoms. The number of aromatic hydroxyl groups is 1. The lowest BCUT2D eigenvalue weighted by Gasteiger charge is -2.02. The summed E-state index contributed by atoms with van der Waals surface area (Å²) in [6, 6.07) is 2.91. The number of phenols is 1. The molecule has 1 aromatic carbocycles. The number of phenolic OH excluding ortho intramolecular Hbond substituents is 1. The highest BCUT2D eigenvalue weighted by molar-refractivity contribution is 5.79. The Morgan fingerprint density at radius 1 is 1.58 bits per heavy atom. The Balaban J connectivity index is 3.29. The molecule has 2 nitrogen and oxygen atoms in total. The van der Waals surface area contributed by atoms with Gasteiger partial charge in [0.2, 0.25) is 0 Å². The smallest absolute Gasteiger partial charge is 0.168 e. The third-order valence-corrected chi connectivity index (χ3v) is 1.74. The van der Waals surface area contributed by atoms with E-state index in [0.717, 1.165) is 0 Å². The van der Waals surface area contributed by atoms with E-state index in [1.165, 1.54) is 12.1 Å². The number of benzene rings is 1. The number of rotatable bonds is 2. The monoisotopic (exact) mass is 168 g/mol. The third kappa shape index (κ3) is 1.30. The maximum Gasteiger partial charge on any atom is 0.168 e. The molecule has 1 aromatic rings. The molecule has 0 aliphatic heterocycles. The predicted octanol–water partition coefficient (Wildman–Crippen LogP) is 1.91. The summed E-state index contributed by atoms with van der Waals surface area (Å²) in [7, 11) is 0. The second-order valence-corrected chi connectivity index (χ2v) is 2.45. The van der Waals surface area contributed by atoms with Crippen LogP contribution in [-0.2, 0) is 6.42 Å². The van der Waals surface area contributed by atoms with Crippen molar-refractivity contribution < 1.29 is 14.3 Å². The van der Waals surface area contributed by atoms with E-state index in [9.17, 15) is 9.18 Å². The minimum atomic E-state index is -0.692. The molecule has 0 amide bonds. The molecule has 0 unspecified atom stereocenters. The van der Waals surface area contributed by atoms with Crippen molar-refractivity contribution in [2.75, 3.05) is 0 Å². The van der Waals surface area contributed by atoms with Crippen molar-refractivity contribution in [2.45, 2.75) is 13.3 Å². The largest absolute Gasteiger partial charge is 0.504 e. The van der Waals surface area contributed by atoms with Gasteiger partial charge in [-0.25, -0.2) is 4.39 Å². The molecule has 0 radical (unpaired) electrons. The first-order chi connectivity index (χ1) is 5.70. The van der Waals surface area contributed by atoms with Crippen molar-refractivity contribution in [3.8, 4) is 5.75 Å². The number of hydrogen-bond donors (Lipinski definition) is 1. The van der Waals surface area contributed by atoms with Gasteiger partial charge in [0, 0.05) is 0 Å². The second kappa shape index (κ2) is 3.34. The highest BCUT2D eigenvalue weighted by Gasteiger charge is 2.09. The van der Waals surface area contributed by atoms with Crippen LogP contribution in [0.1, 0.15) is 22.8 Å². The summed E-state index contributed by atoms with van der Waals surface area (Å²) in [6.07, 6.45) is 0.927. The standard InChI is InChI=1S/C9H9FO2/c1-2-6-3-4-7(5-11)9(12)8(6)10/h3-5,12H,2H2,1H3. The highest BCUT2D eigenvalue weighted by Crippen LogP contribution is 2.23. The van der Waals surface area contributed by atoms with Crippen molar-refractivity contribution in [1.82, 2.24) is 0 Å². The van der Waals surface area contributed by atoms with Crippen LogP contribution < -0.4 is 0 Å². The summed E-state index contributed by atoms with van der Waals surface area (Å²) in [6.45, 7) is 1.78. The van der Waals surface area contributed by atoms with Crippen molar-refractivity contribution in [3.05, 3.63) is 29.1 Å². The van der Waals surface area contributed by atoms with Crippen LogP contribution in [0.15, 0.2) is 12.1 Å². The first-order valence-electron chi connectivity index (χ1n) is 3.66.